The Kier molecular flexibility index (Phi) is 6.90. The van der Waals surface area contributed by atoms with Crippen molar-refractivity contribution in [3.63, 3.8) is 0 Å². The van der Waals surface area contributed by atoms with E-state index in [0.717, 1.165) is 0 Å². The highest BCUT2D eigenvalue weighted by Gasteiger charge is 2.12. The Morgan fingerprint density at radius 1 is 0.500 bits per heavy atom. The molecule has 0 nitrogen and oxygen atoms in total. The zero-order valence-electron chi connectivity index (χ0n) is 19.8. The predicted octanol–water partition coefficient (Wildman–Crippen LogP) is 9.86. The summed E-state index contributed by atoms with van der Waals surface area (Å²) in [5.41, 5.74) is 2.98. The molecule has 0 aliphatic heterocycles. The molecule has 0 spiro atoms. The number of hydrogen-bond acceptors (Lipinski definition) is 0. The summed E-state index contributed by atoms with van der Waals surface area (Å²) in [6, 6.07) is 35.0. The first-order chi connectivity index (χ1) is 15.6. The molecule has 32 heavy (non-hydrogen) atoms. The minimum atomic E-state index is 0.598. The lowest BCUT2D eigenvalue weighted by molar-refractivity contribution is 0.740. The van der Waals surface area contributed by atoms with Gasteiger partial charge in [0, 0.05) is 0 Å². The summed E-state index contributed by atoms with van der Waals surface area (Å²) in [4.78, 5) is 0. The van der Waals surface area contributed by atoms with Crippen LogP contribution in [-0.2, 0) is 0 Å². The molecule has 0 saturated heterocycles. The number of benzene rings is 5. The van der Waals surface area contributed by atoms with Crippen LogP contribution in [0.4, 0.5) is 0 Å². The molecule has 0 heterocycles. The molecular formula is C32H34. The lowest BCUT2D eigenvalue weighted by atomic mass is 9.88. The molecule has 0 saturated carbocycles. The number of fused-ring (bicyclic) bond motifs is 3. The minimum absolute atomic E-state index is 0.598. The monoisotopic (exact) mass is 418 g/mol. The van der Waals surface area contributed by atoms with Gasteiger partial charge in [0.1, 0.15) is 0 Å². The predicted molar refractivity (Wildman–Crippen MR) is 143 cm³/mol. The highest BCUT2D eigenvalue weighted by Crippen LogP contribution is 2.34. The smallest absolute Gasteiger partial charge is 0.0143 e. The second-order valence-corrected chi connectivity index (χ2v) is 8.92. The molecule has 5 aromatic carbocycles. The first kappa shape index (κ1) is 22.1. The first-order valence-electron chi connectivity index (χ1n) is 12.0. The van der Waals surface area contributed by atoms with Crippen LogP contribution < -0.4 is 0 Å². The zero-order valence-corrected chi connectivity index (χ0v) is 19.8. The molecule has 0 aliphatic rings. The van der Waals surface area contributed by atoms with Gasteiger partial charge in [-0.05, 0) is 74.2 Å². The lowest BCUT2D eigenvalue weighted by Gasteiger charge is -2.16. The van der Waals surface area contributed by atoms with Gasteiger partial charge in [0.2, 0.25) is 0 Å². The van der Waals surface area contributed by atoms with E-state index in [2.05, 4.69) is 125 Å². The van der Waals surface area contributed by atoms with Crippen molar-refractivity contribution in [3.8, 4) is 0 Å². The topological polar surface area (TPSA) is 0 Å². The van der Waals surface area contributed by atoms with E-state index in [1.54, 1.807) is 0 Å². The van der Waals surface area contributed by atoms with Crippen molar-refractivity contribution < 1.29 is 0 Å². The van der Waals surface area contributed by atoms with Gasteiger partial charge in [-0.25, -0.2) is 0 Å². The third kappa shape index (κ3) is 4.41. The maximum Gasteiger partial charge on any atom is -0.0143 e. The molecule has 0 amide bonds. The van der Waals surface area contributed by atoms with Gasteiger partial charge in [-0.15, -0.1) is 0 Å². The molecule has 0 fully saturated rings. The van der Waals surface area contributed by atoms with E-state index in [4.69, 9.17) is 0 Å². The summed E-state index contributed by atoms with van der Waals surface area (Å²) in [5.74, 6) is 1.25. The van der Waals surface area contributed by atoms with Crippen molar-refractivity contribution in [1.29, 1.82) is 0 Å². The largest absolute Gasteiger partial charge is 0.0648 e. The Labute approximate surface area is 192 Å². The Morgan fingerprint density at radius 3 is 1.53 bits per heavy atom. The number of rotatable bonds is 4. The normalized spacial score (nSPS) is 13.0. The maximum absolute atomic E-state index is 2.33. The van der Waals surface area contributed by atoms with Crippen LogP contribution in [0.1, 0.15) is 63.5 Å². The van der Waals surface area contributed by atoms with E-state index in [9.17, 15) is 0 Å². The van der Waals surface area contributed by atoms with Crippen LogP contribution in [0, 0.1) is 0 Å². The van der Waals surface area contributed by atoms with Crippen LogP contribution in [-0.4, -0.2) is 0 Å². The number of hydrogen-bond donors (Lipinski definition) is 0. The lowest BCUT2D eigenvalue weighted by Crippen LogP contribution is -1.95. The molecular weight excluding hydrogens is 384 g/mol. The fourth-order valence-corrected chi connectivity index (χ4v) is 4.68. The Balaban J connectivity index is 0.000000158. The molecule has 2 unspecified atom stereocenters. The van der Waals surface area contributed by atoms with Crippen molar-refractivity contribution in [1.82, 2.24) is 0 Å². The van der Waals surface area contributed by atoms with Gasteiger partial charge in [0.25, 0.3) is 0 Å². The van der Waals surface area contributed by atoms with Crippen LogP contribution >= 0.6 is 0 Å². The van der Waals surface area contributed by atoms with Gasteiger partial charge < -0.3 is 0 Å². The highest BCUT2D eigenvalue weighted by atomic mass is 14.2. The van der Waals surface area contributed by atoms with E-state index in [0.29, 0.717) is 11.8 Å². The van der Waals surface area contributed by atoms with E-state index in [1.165, 1.54) is 56.3 Å². The molecule has 0 aromatic heterocycles. The maximum atomic E-state index is 2.33. The molecule has 5 rings (SSSR count). The third-order valence-corrected chi connectivity index (χ3v) is 6.88. The van der Waals surface area contributed by atoms with Crippen LogP contribution in [0.25, 0.3) is 32.3 Å². The van der Waals surface area contributed by atoms with Crippen LogP contribution in [0.3, 0.4) is 0 Å². The standard InChI is InChI=1S/C18H18.C14H16/c1-3-13(2)18-16-10-6-4-8-14(16)12-15-9-5-7-11-17(15)18;1-3-11(2)13-10-6-8-12-7-4-5-9-14(12)13/h4-13H,3H2,1-2H3;4-11H,3H2,1-2H3. The van der Waals surface area contributed by atoms with E-state index >= 15 is 0 Å². The Morgan fingerprint density at radius 2 is 0.969 bits per heavy atom. The van der Waals surface area contributed by atoms with Crippen LogP contribution in [0.5, 0.6) is 0 Å². The van der Waals surface area contributed by atoms with Gasteiger partial charge >= 0.3 is 0 Å². The average Bonchev–Trinajstić information content (AvgIpc) is 2.86. The minimum Gasteiger partial charge on any atom is -0.0648 e. The SMILES string of the molecule is CCC(C)c1c2ccccc2cc2ccccc12.CCC(C)c1cccc2ccccc12. The van der Waals surface area contributed by atoms with Crippen molar-refractivity contribution in [2.45, 2.75) is 52.4 Å². The molecule has 0 aliphatic carbocycles. The molecule has 5 aromatic rings. The van der Waals surface area contributed by atoms with E-state index in [-0.39, 0.29) is 0 Å². The second-order valence-electron chi connectivity index (χ2n) is 8.92. The quantitative estimate of drug-likeness (QED) is 0.255. The van der Waals surface area contributed by atoms with Crippen molar-refractivity contribution >= 4 is 32.3 Å². The summed E-state index contributed by atoms with van der Waals surface area (Å²) < 4.78 is 0. The summed E-state index contributed by atoms with van der Waals surface area (Å²) in [6.45, 7) is 9.13. The van der Waals surface area contributed by atoms with Crippen molar-refractivity contribution in [2.24, 2.45) is 0 Å². The van der Waals surface area contributed by atoms with Gasteiger partial charge in [0.15, 0.2) is 0 Å². The summed E-state index contributed by atoms with van der Waals surface area (Å²) in [7, 11) is 0. The fourth-order valence-electron chi connectivity index (χ4n) is 4.68. The van der Waals surface area contributed by atoms with E-state index in [1.807, 2.05) is 0 Å². The van der Waals surface area contributed by atoms with Crippen LogP contribution in [0.15, 0.2) is 97.1 Å². The third-order valence-electron chi connectivity index (χ3n) is 6.88. The molecule has 0 N–H and O–H groups in total. The van der Waals surface area contributed by atoms with Crippen LogP contribution in [0.2, 0.25) is 0 Å². The Bertz CT molecular complexity index is 1270. The van der Waals surface area contributed by atoms with Gasteiger partial charge in [0.05, 0.1) is 0 Å². The molecule has 0 bridgehead atoms. The average molecular weight is 419 g/mol. The fraction of sp³-hybridized carbons (Fsp3) is 0.250. The zero-order chi connectivity index (χ0) is 22.5. The van der Waals surface area contributed by atoms with Gasteiger partial charge in [-0.2, -0.15) is 0 Å². The Hall–Kier alpha value is -3.12. The molecule has 162 valence electrons. The summed E-state index contributed by atoms with van der Waals surface area (Å²) >= 11 is 0. The summed E-state index contributed by atoms with van der Waals surface area (Å²) in [5, 5.41) is 8.28. The highest BCUT2D eigenvalue weighted by molar-refractivity contribution is 6.02. The first-order valence-corrected chi connectivity index (χ1v) is 12.0. The molecule has 2 atom stereocenters. The van der Waals surface area contributed by atoms with E-state index < -0.39 is 0 Å². The second kappa shape index (κ2) is 10.0. The van der Waals surface area contributed by atoms with Crippen molar-refractivity contribution in [3.05, 3.63) is 108 Å². The summed E-state index contributed by atoms with van der Waals surface area (Å²) in [6.07, 6.45) is 2.38. The van der Waals surface area contributed by atoms with Gasteiger partial charge in [-0.1, -0.05) is 119 Å². The molecule has 0 radical (unpaired) electrons. The van der Waals surface area contributed by atoms with Gasteiger partial charge in [-0.3, -0.25) is 0 Å². The molecule has 0 heteroatoms. The van der Waals surface area contributed by atoms with Crippen molar-refractivity contribution in [2.75, 3.05) is 0 Å².